The van der Waals surface area contributed by atoms with Gasteiger partial charge in [0.25, 0.3) is 0 Å². The largest absolute Gasteiger partial charge is 0.449 e. The maximum absolute atomic E-state index is 13.5. The van der Waals surface area contributed by atoms with Crippen LogP contribution in [0.1, 0.15) is 70.6 Å². The number of halogens is 1. The van der Waals surface area contributed by atoms with Gasteiger partial charge in [0.2, 0.25) is 11.1 Å². The Morgan fingerprint density at radius 3 is 2.65 bits per heavy atom. The number of hydrogen-bond acceptors (Lipinski definition) is 6. The number of fused-ring (bicyclic) bond motifs is 6. The van der Waals surface area contributed by atoms with E-state index in [1.54, 1.807) is 6.07 Å². The van der Waals surface area contributed by atoms with Crippen LogP contribution in [0.2, 0.25) is 0 Å². The Kier molecular flexibility index (Phi) is 5.77. The summed E-state index contributed by atoms with van der Waals surface area (Å²) in [7, 11) is 0. The summed E-state index contributed by atoms with van der Waals surface area (Å²) in [6.07, 6.45) is 9.81. The van der Waals surface area contributed by atoms with Gasteiger partial charge in [-0.25, -0.2) is 9.67 Å². The number of hydrogen-bond donors (Lipinski definition) is 2. The maximum Gasteiger partial charge on any atom is 0.309 e. The predicted octanol–water partition coefficient (Wildman–Crippen LogP) is 4.95. The molecule has 5 aliphatic carbocycles. The van der Waals surface area contributed by atoms with Crippen LogP contribution < -0.4 is 0 Å². The zero-order valence-corrected chi connectivity index (χ0v) is 24.0. The molecule has 212 valence electrons. The second-order valence-electron chi connectivity index (χ2n) is 13.5. The number of aromatic nitrogens is 3. The molecule has 8 atom stereocenters. The van der Waals surface area contributed by atoms with Crippen LogP contribution in [-0.2, 0) is 20.7 Å². The average Bonchev–Trinajstić information content (AvgIpc) is 3.61. The Hall–Kier alpha value is -2.52. The number of aliphatic hydroxyl groups excluding tert-OH is 1. The second-order valence-corrected chi connectivity index (χ2v) is 13.9. The highest BCUT2D eigenvalue weighted by Gasteiger charge is 2.71. The highest BCUT2D eigenvalue weighted by atomic mass is 32.1. The van der Waals surface area contributed by atoms with Crippen molar-refractivity contribution in [2.75, 3.05) is 0 Å². The van der Waals surface area contributed by atoms with Gasteiger partial charge in [-0.1, -0.05) is 26.3 Å². The van der Waals surface area contributed by atoms with Crippen LogP contribution in [-0.4, -0.2) is 42.7 Å². The van der Waals surface area contributed by atoms with Gasteiger partial charge in [-0.2, -0.15) is 9.49 Å². The first-order chi connectivity index (χ1) is 19.0. The summed E-state index contributed by atoms with van der Waals surface area (Å²) in [6, 6.07) is 3.02. The van der Waals surface area contributed by atoms with Gasteiger partial charge in [0.05, 0.1) is 35.8 Å². The number of carbonyl (C=O) groups excluding carboxylic acids is 2. The van der Waals surface area contributed by atoms with Crippen molar-refractivity contribution in [3.63, 3.8) is 0 Å². The monoisotopic (exact) mass is 565 g/mol. The van der Waals surface area contributed by atoms with E-state index in [9.17, 15) is 19.1 Å². The number of allylic oxidation sites excluding steroid dienone is 1. The summed E-state index contributed by atoms with van der Waals surface area (Å²) in [5, 5.41) is 16.2. The van der Waals surface area contributed by atoms with Crippen LogP contribution in [0, 0.1) is 46.4 Å². The lowest BCUT2D eigenvalue weighted by Gasteiger charge is -2.61. The minimum Gasteiger partial charge on any atom is -0.449 e. The molecule has 0 aromatic carbocycles. The van der Waals surface area contributed by atoms with E-state index >= 15 is 0 Å². The lowest BCUT2D eigenvalue weighted by Crippen LogP contribution is -2.63. The van der Waals surface area contributed by atoms with E-state index in [0.717, 1.165) is 43.4 Å². The van der Waals surface area contributed by atoms with Gasteiger partial charge >= 0.3 is 5.97 Å². The van der Waals surface area contributed by atoms with Crippen molar-refractivity contribution >= 4 is 29.8 Å². The number of esters is 1. The number of carbonyl (C=O) groups is 2. The molecule has 7 rings (SSSR count). The number of pyridine rings is 1. The van der Waals surface area contributed by atoms with E-state index in [-0.39, 0.29) is 41.0 Å². The molecule has 0 unspecified atom stereocenters. The standard InChI is InChI=1S/C31H36FN3O4S/c1-16-10-20-21-8-9-31(28(38)40,39-27(37)17-4-5-17)30(21,3)13-24(36)26(20)29(2)12-18-14-34-35(23(18)11-22(16)29)19-6-7-25(32)33-15-19/h6-7,11,14-17,20-21,24,26,36H,4-5,8-10,12-13H2,1-3H3,(H,38,40)/t16-,20-,21-,24-,26+,29-,30-,31-/m0/s1. The first kappa shape index (κ1) is 26.4. The predicted molar refractivity (Wildman–Crippen MR) is 149 cm³/mol. The molecule has 0 amide bonds. The van der Waals surface area contributed by atoms with Crippen molar-refractivity contribution in [3.8, 4) is 5.69 Å². The van der Waals surface area contributed by atoms with Gasteiger partial charge in [0.1, 0.15) is 0 Å². The summed E-state index contributed by atoms with van der Waals surface area (Å²) in [5.41, 5.74) is 1.83. The summed E-state index contributed by atoms with van der Waals surface area (Å²) >= 11 is 4.30. The summed E-state index contributed by atoms with van der Waals surface area (Å²) < 4.78 is 21.4. The van der Waals surface area contributed by atoms with Gasteiger partial charge < -0.3 is 9.84 Å². The van der Waals surface area contributed by atoms with Crippen LogP contribution >= 0.6 is 12.6 Å². The van der Waals surface area contributed by atoms with E-state index in [1.807, 2.05) is 10.9 Å². The lowest BCUT2D eigenvalue weighted by molar-refractivity contribution is -0.198. The van der Waals surface area contributed by atoms with Crippen molar-refractivity contribution in [2.45, 2.75) is 77.4 Å². The molecular formula is C31H36FN3O4S. The van der Waals surface area contributed by atoms with E-state index in [4.69, 9.17) is 4.74 Å². The van der Waals surface area contributed by atoms with Crippen molar-refractivity contribution in [1.29, 1.82) is 0 Å². The van der Waals surface area contributed by atoms with Crippen molar-refractivity contribution in [2.24, 2.45) is 40.4 Å². The molecule has 4 saturated carbocycles. The first-order valence-corrected chi connectivity index (χ1v) is 15.0. The van der Waals surface area contributed by atoms with E-state index < -0.39 is 28.2 Å². The van der Waals surface area contributed by atoms with Crippen LogP contribution in [0.15, 0.2) is 30.1 Å². The van der Waals surface area contributed by atoms with Gasteiger partial charge in [-0.3, -0.25) is 9.59 Å². The smallest absolute Gasteiger partial charge is 0.309 e. The van der Waals surface area contributed by atoms with Crippen LogP contribution in [0.4, 0.5) is 4.39 Å². The minimum atomic E-state index is -1.29. The zero-order valence-electron chi connectivity index (χ0n) is 23.1. The third-order valence-corrected chi connectivity index (χ3v) is 11.7. The molecule has 40 heavy (non-hydrogen) atoms. The Labute approximate surface area is 239 Å². The van der Waals surface area contributed by atoms with Crippen LogP contribution in [0.25, 0.3) is 11.8 Å². The number of rotatable bonds is 4. The fourth-order valence-corrected chi connectivity index (χ4v) is 9.86. The maximum atomic E-state index is 13.5. The Morgan fingerprint density at radius 2 is 1.98 bits per heavy atom. The Morgan fingerprint density at radius 1 is 1.20 bits per heavy atom. The quantitative estimate of drug-likeness (QED) is 0.310. The SMILES string of the molecule is C[C@H]1C[C@@H]2[C@H]([C@@H](O)C[C@@]3(C)[C@H]2CC[C@]3(OC(=O)C2CC2)C(=O)S)[C@@]2(C)Cc3cnn(-c4ccc(F)nc4)c3C=C12. The number of nitrogens with zero attached hydrogens (tertiary/aromatic N) is 3. The van der Waals surface area contributed by atoms with E-state index in [2.05, 4.69) is 49.6 Å². The summed E-state index contributed by atoms with van der Waals surface area (Å²) in [4.78, 5) is 29.8. The van der Waals surface area contributed by atoms with Crippen LogP contribution in [0.5, 0.6) is 0 Å². The van der Waals surface area contributed by atoms with E-state index in [1.165, 1.54) is 17.8 Å². The first-order valence-electron chi connectivity index (χ1n) is 14.5. The molecule has 2 aromatic rings. The van der Waals surface area contributed by atoms with Gasteiger partial charge in [-0.15, -0.1) is 12.6 Å². The Balaban J connectivity index is 1.25. The minimum absolute atomic E-state index is 0.00182. The highest BCUT2D eigenvalue weighted by Crippen LogP contribution is 2.69. The zero-order chi connectivity index (χ0) is 28.2. The fourth-order valence-electron chi connectivity index (χ4n) is 9.45. The molecule has 4 fully saturated rings. The molecule has 0 radical (unpaired) electrons. The topological polar surface area (TPSA) is 94.3 Å². The third kappa shape index (κ3) is 3.52. The molecule has 9 heteroatoms. The summed E-state index contributed by atoms with van der Waals surface area (Å²) in [6.45, 7) is 6.58. The van der Waals surface area contributed by atoms with Crippen molar-refractivity contribution < 1.29 is 23.8 Å². The van der Waals surface area contributed by atoms with E-state index in [0.29, 0.717) is 18.5 Å². The molecule has 0 saturated heterocycles. The Bertz CT molecular complexity index is 1440. The van der Waals surface area contributed by atoms with Crippen molar-refractivity contribution in [3.05, 3.63) is 47.3 Å². The molecule has 2 aromatic heterocycles. The average molecular weight is 566 g/mol. The second kappa shape index (κ2) is 8.74. The van der Waals surface area contributed by atoms with Gasteiger partial charge in [0.15, 0.2) is 5.60 Å². The highest BCUT2D eigenvalue weighted by molar-refractivity contribution is 7.96. The number of aliphatic hydroxyl groups is 1. The molecule has 0 bridgehead atoms. The third-order valence-electron chi connectivity index (χ3n) is 11.3. The van der Waals surface area contributed by atoms with Gasteiger partial charge in [-0.05, 0) is 97.8 Å². The number of ether oxygens (including phenoxy) is 1. The molecule has 1 N–H and O–H groups in total. The van der Waals surface area contributed by atoms with Crippen LogP contribution in [0.3, 0.4) is 0 Å². The molecule has 2 heterocycles. The molecule has 5 aliphatic rings. The lowest BCUT2D eigenvalue weighted by atomic mass is 9.44. The molecular weight excluding hydrogens is 529 g/mol. The van der Waals surface area contributed by atoms with Gasteiger partial charge in [0, 0.05) is 5.41 Å². The normalized spacial score (nSPS) is 39.9. The number of thiol groups is 1. The fraction of sp³-hybridized carbons (Fsp3) is 0.613. The molecule has 7 nitrogen and oxygen atoms in total. The summed E-state index contributed by atoms with van der Waals surface area (Å²) in [5.74, 6) is -0.363. The molecule has 0 aliphatic heterocycles. The van der Waals surface area contributed by atoms with Crippen molar-refractivity contribution in [1.82, 2.24) is 14.8 Å². The molecule has 0 spiro atoms.